The maximum Gasteiger partial charge on any atom is 0.416 e. The first-order valence-electron chi connectivity index (χ1n) is 10.3. The lowest BCUT2D eigenvalue weighted by atomic mass is 9.97. The lowest BCUT2D eigenvalue weighted by Gasteiger charge is -2.24. The third-order valence-electron chi connectivity index (χ3n) is 4.84. The van der Waals surface area contributed by atoms with Crippen LogP contribution >= 0.6 is 11.3 Å². The van der Waals surface area contributed by atoms with Gasteiger partial charge in [-0.25, -0.2) is 0 Å². The molecule has 0 saturated heterocycles. The number of carbonyl (C=O) groups excluding carboxylic acids is 1. The van der Waals surface area contributed by atoms with E-state index in [1.54, 1.807) is 45.0 Å². The van der Waals surface area contributed by atoms with E-state index in [4.69, 9.17) is 9.47 Å². The van der Waals surface area contributed by atoms with Gasteiger partial charge in [0.1, 0.15) is 12.4 Å². The second-order valence-corrected chi connectivity index (χ2v) is 9.75. The van der Waals surface area contributed by atoms with E-state index in [0.29, 0.717) is 17.0 Å². The molecule has 0 aliphatic heterocycles. The average molecular weight is 496 g/mol. The average Bonchev–Trinajstić information content (AvgIpc) is 3.07. The van der Waals surface area contributed by atoms with Crippen LogP contribution in [0.15, 0.2) is 53.3 Å². The highest BCUT2D eigenvalue weighted by molar-refractivity contribution is 7.09. The molecule has 3 aromatic rings. The normalized spacial score (nSPS) is 12.9. The minimum absolute atomic E-state index is 0.167. The first-order chi connectivity index (χ1) is 15.8. The molecule has 0 spiro atoms. The van der Waals surface area contributed by atoms with Crippen molar-refractivity contribution >= 4 is 17.3 Å². The largest absolute Gasteiger partial charge is 0.494 e. The molecule has 10 heteroatoms. The fourth-order valence-electron chi connectivity index (χ4n) is 2.95. The van der Waals surface area contributed by atoms with Gasteiger partial charge in [0.05, 0.1) is 15.9 Å². The maximum absolute atomic E-state index is 13.2. The Morgan fingerprint density at radius 3 is 2.35 bits per heavy atom. The molecule has 1 unspecified atom stereocenters. The second kappa shape index (κ2) is 9.92. The zero-order valence-corrected chi connectivity index (χ0v) is 19.5. The summed E-state index contributed by atoms with van der Waals surface area (Å²) in [5.74, 6) is -0.321. The van der Waals surface area contributed by atoms with Crippen molar-refractivity contribution in [1.82, 2.24) is 4.98 Å². The summed E-state index contributed by atoms with van der Waals surface area (Å²) in [4.78, 5) is 26.2. The van der Waals surface area contributed by atoms with Crippen LogP contribution in [0.25, 0.3) is 0 Å². The van der Waals surface area contributed by atoms with Crippen LogP contribution in [0.4, 0.5) is 13.2 Å². The SMILES string of the molecule is CC(C)(C)C(=O)OC(COc1ccc(Cc2sc(=O)[nH]c2O)cc1)c1cccc(C(F)(F)F)c1. The number of H-pyrrole nitrogens is 1. The fraction of sp³-hybridized carbons (Fsp3) is 0.333. The Bertz CT molecular complexity index is 1190. The van der Waals surface area contributed by atoms with Gasteiger partial charge in [0.15, 0.2) is 6.10 Å². The number of hydrogen-bond acceptors (Lipinski definition) is 6. The Labute approximate surface area is 198 Å². The summed E-state index contributed by atoms with van der Waals surface area (Å²) in [5, 5.41) is 9.72. The molecule has 0 saturated carbocycles. The number of hydrogen-bond donors (Lipinski definition) is 2. The van der Waals surface area contributed by atoms with Gasteiger partial charge in [0.2, 0.25) is 5.88 Å². The molecule has 1 atom stereocenters. The monoisotopic (exact) mass is 495 g/mol. The highest BCUT2D eigenvalue weighted by atomic mass is 32.1. The zero-order valence-electron chi connectivity index (χ0n) is 18.7. The Morgan fingerprint density at radius 1 is 1.12 bits per heavy atom. The predicted octanol–water partition coefficient (Wildman–Crippen LogP) is 5.46. The first kappa shape index (κ1) is 25.4. The Kier molecular flexibility index (Phi) is 7.40. The molecular formula is C24H24F3NO5S. The molecule has 0 fully saturated rings. The van der Waals surface area contributed by atoms with E-state index in [2.05, 4.69) is 4.98 Å². The van der Waals surface area contributed by atoms with Crippen molar-refractivity contribution in [1.29, 1.82) is 0 Å². The Morgan fingerprint density at radius 2 is 1.79 bits per heavy atom. The van der Waals surface area contributed by atoms with Gasteiger partial charge in [-0.2, -0.15) is 13.2 Å². The van der Waals surface area contributed by atoms with Crippen LogP contribution in [0.1, 0.15) is 48.4 Å². The molecule has 6 nitrogen and oxygen atoms in total. The first-order valence-corrected chi connectivity index (χ1v) is 11.2. The summed E-state index contributed by atoms with van der Waals surface area (Å²) in [6, 6.07) is 11.4. The molecule has 2 N–H and O–H groups in total. The molecule has 2 aromatic carbocycles. The second-order valence-electron chi connectivity index (χ2n) is 8.69. The molecule has 34 heavy (non-hydrogen) atoms. The van der Waals surface area contributed by atoms with E-state index in [0.717, 1.165) is 29.0 Å². The highest BCUT2D eigenvalue weighted by Crippen LogP contribution is 2.32. The summed E-state index contributed by atoms with van der Waals surface area (Å²) in [6.07, 6.45) is -5.25. The van der Waals surface area contributed by atoms with Gasteiger partial charge >= 0.3 is 17.0 Å². The Balaban J connectivity index is 1.75. The number of halogens is 3. The number of nitrogens with one attached hydrogen (secondary N) is 1. The Hall–Kier alpha value is -3.27. The van der Waals surface area contributed by atoms with Crippen molar-refractivity contribution in [2.45, 2.75) is 39.5 Å². The third kappa shape index (κ3) is 6.63. The summed E-state index contributed by atoms with van der Waals surface area (Å²) in [5.41, 5.74) is -0.717. The van der Waals surface area contributed by atoms with Crippen LogP contribution in [-0.4, -0.2) is 22.7 Å². The highest BCUT2D eigenvalue weighted by Gasteiger charge is 2.32. The molecular weight excluding hydrogens is 471 g/mol. The molecule has 3 rings (SSSR count). The van der Waals surface area contributed by atoms with Gasteiger partial charge in [0, 0.05) is 6.42 Å². The number of benzene rings is 2. The van der Waals surface area contributed by atoms with Crippen molar-refractivity contribution in [3.8, 4) is 11.6 Å². The van der Waals surface area contributed by atoms with Gasteiger partial charge < -0.3 is 14.6 Å². The van der Waals surface area contributed by atoms with Crippen LogP contribution in [0.2, 0.25) is 0 Å². The predicted molar refractivity (Wildman–Crippen MR) is 121 cm³/mol. The van der Waals surface area contributed by atoms with Gasteiger partial charge in [0.25, 0.3) is 0 Å². The quantitative estimate of drug-likeness (QED) is 0.425. The van der Waals surface area contributed by atoms with Gasteiger partial charge in [-0.05, 0) is 56.2 Å². The summed E-state index contributed by atoms with van der Waals surface area (Å²) in [6.45, 7) is 4.76. The lowest BCUT2D eigenvalue weighted by Crippen LogP contribution is -2.27. The van der Waals surface area contributed by atoms with Crippen molar-refractivity contribution in [3.05, 3.63) is 79.8 Å². The topological polar surface area (TPSA) is 88.6 Å². The van der Waals surface area contributed by atoms with Gasteiger partial charge in [-0.3, -0.25) is 14.6 Å². The van der Waals surface area contributed by atoms with Gasteiger partial charge in [-0.15, -0.1) is 0 Å². The van der Waals surface area contributed by atoms with Crippen molar-refractivity contribution in [3.63, 3.8) is 0 Å². The fourth-order valence-corrected chi connectivity index (χ4v) is 3.71. The molecule has 0 radical (unpaired) electrons. The van der Waals surface area contributed by atoms with E-state index >= 15 is 0 Å². The van der Waals surface area contributed by atoms with E-state index < -0.39 is 29.2 Å². The minimum atomic E-state index is -4.53. The number of aromatic nitrogens is 1. The van der Waals surface area contributed by atoms with Crippen molar-refractivity contribution in [2.75, 3.05) is 6.61 Å². The number of aromatic amines is 1. The standard InChI is InChI=1S/C24H24F3NO5S/c1-23(2,3)21(30)33-18(15-5-4-6-16(12-15)24(25,26)27)13-32-17-9-7-14(8-10-17)11-19-20(29)28-22(31)34-19/h4-10,12,18,29H,11,13H2,1-3H3,(H,28,31). The van der Waals surface area contributed by atoms with Crippen LogP contribution in [0.5, 0.6) is 11.6 Å². The summed E-state index contributed by atoms with van der Waals surface area (Å²) >= 11 is 0.915. The number of esters is 1. The van der Waals surface area contributed by atoms with Crippen molar-refractivity contribution < 1.29 is 32.5 Å². The van der Waals surface area contributed by atoms with E-state index in [1.165, 1.54) is 12.1 Å². The number of aromatic hydroxyl groups is 1. The zero-order chi connectivity index (χ0) is 25.1. The van der Waals surface area contributed by atoms with E-state index in [-0.39, 0.29) is 22.9 Å². The van der Waals surface area contributed by atoms with Crippen LogP contribution in [0.3, 0.4) is 0 Å². The summed E-state index contributed by atoms with van der Waals surface area (Å²) in [7, 11) is 0. The molecule has 0 aliphatic rings. The third-order valence-corrected chi connectivity index (χ3v) is 5.71. The van der Waals surface area contributed by atoms with Crippen LogP contribution in [-0.2, 0) is 22.1 Å². The molecule has 1 aromatic heterocycles. The van der Waals surface area contributed by atoms with E-state index in [1.807, 2.05) is 0 Å². The minimum Gasteiger partial charge on any atom is -0.494 e. The molecule has 0 bridgehead atoms. The number of carbonyl (C=O) groups is 1. The lowest BCUT2D eigenvalue weighted by molar-refractivity contribution is -0.160. The number of alkyl halides is 3. The smallest absolute Gasteiger partial charge is 0.416 e. The molecule has 1 heterocycles. The molecule has 182 valence electrons. The van der Waals surface area contributed by atoms with Crippen LogP contribution in [0, 0.1) is 5.41 Å². The molecule has 0 amide bonds. The number of rotatable bonds is 7. The van der Waals surface area contributed by atoms with Crippen LogP contribution < -0.4 is 9.61 Å². The van der Waals surface area contributed by atoms with Gasteiger partial charge in [-0.1, -0.05) is 35.6 Å². The maximum atomic E-state index is 13.2. The number of thiazole rings is 1. The molecule has 0 aliphatic carbocycles. The van der Waals surface area contributed by atoms with E-state index in [9.17, 15) is 27.9 Å². The summed E-state index contributed by atoms with van der Waals surface area (Å²) < 4.78 is 50.8. The van der Waals surface area contributed by atoms with Crippen molar-refractivity contribution in [2.24, 2.45) is 5.41 Å². The number of ether oxygens (including phenoxy) is 2.